The van der Waals surface area contributed by atoms with Gasteiger partial charge in [-0.05, 0) is 18.2 Å². The first-order chi connectivity index (χ1) is 11.6. The number of alkyl halides is 2. The van der Waals surface area contributed by atoms with E-state index in [0.717, 1.165) is 17.0 Å². The quantitative estimate of drug-likeness (QED) is 0.660. The summed E-state index contributed by atoms with van der Waals surface area (Å²) >= 11 is 0. The van der Waals surface area contributed by atoms with Crippen LogP contribution in [0.15, 0.2) is 54.6 Å². The first-order valence-corrected chi connectivity index (χ1v) is 7.22. The summed E-state index contributed by atoms with van der Waals surface area (Å²) < 4.78 is 31.1. The van der Waals surface area contributed by atoms with Crippen LogP contribution in [-0.4, -0.2) is 22.7 Å². The van der Waals surface area contributed by atoms with Gasteiger partial charge in [0.2, 0.25) is 0 Å². The fourth-order valence-corrected chi connectivity index (χ4v) is 2.48. The lowest BCUT2D eigenvalue weighted by molar-refractivity contribution is -0.0500. The normalized spacial score (nSPS) is 10.8. The molecule has 0 atom stereocenters. The van der Waals surface area contributed by atoms with Crippen LogP contribution in [-0.2, 0) is 7.05 Å². The van der Waals surface area contributed by atoms with Crippen LogP contribution in [0.3, 0.4) is 0 Å². The van der Waals surface area contributed by atoms with Crippen molar-refractivity contribution in [3.8, 4) is 28.3 Å². The Balaban J connectivity index is 2.03. The third kappa shape index (κ3) is 3.17. The van der Waals surface area contributed by atoms with Gasteiger partial charge in [0, 0.05) is 18.2 Å². The molecule has 0 spiro atoms. The Morgan fingerprint density at radius 1 is 1.08 bits per heavy atom. The minimum Gasteiger partial charge on any atom is -0.434 e. The number of hydrogen-bond acceptors (Lipinski definition) is 3. The Labute approximate surface area is 137 Å². The molecular weight excluding hydrogens is 314 g/mol. The highest BCUT2D eigenvalue weighted by Crippen LogP contribution is 2.30. The largest absolute Gasteiger partial charge is 0.434 e. The number of aromatic nitrogens is 2. The molecule has 3 aromatic rings. The van der Waals surface area contributed by atoms with Crippen molar-refractivity contribution in [2.45, 2.75) is 6.61 Å². The zero-order valence-corrected chi connectivity index (χ0v) is 12.8. The van der Waals surface area contributed by atoms with E-state index in [0.29, 0.717) is 11.8 Å². The highest BCUT2D eigenvalue weighted by Gasteiger charge is 2.14. The van der Waals surface area contributed by atoms with Crippen LogP contribution in [0, 0.1) is 0 Å². The summed E-state index contributed by atoms with van der Waals surface area (Å²) in [5.74, 6) is -0.153. The van der Waals surface area contributed by atoms with Gasteiger partial charge in [0.15, 0.2) is 6.29 Å². The number of benzene rings is 2. The number of hydrogen-bond donors (Lipinski definition) is 0. The van der Waals surface area contributed by atoms with Crippen molar-refractivity contribution < 1.29 is 18.3 Å². The molecule has 1 aromatic heterocycles. The Bertz CT molecular complexity index is 861. The summed E-state index contributed by atoms with van der Waals surface area (Å²) in [6.07, 6.45) is 0.486. The summed E-state index contributed by atoms with van der Waals surface area (Å²) in [6.45, 7) is -3.00. The van der Waals surface area contributed by atoms with E-state index >= 15 is 0 Å². The zero-order valence-electron chi connectivity index (χ0n) is 12.8. The van der Waals surface area contributed by atoms with E-state index in [2.05, 4.69) is 9.84 Å². The van der Waals surface area contributed by atoms with Crippen molar-refractivity contribution >= 4 is 6.29 Å². The topological polar surface area (TPSA) is 44.1 Å². The van der Waals surface area contributed by atoms with Gasteiger partial charge in [-0.25, -0.2) is 0 Å². The van der Waals surface area contributed by atoms with Crippen LogP contribution >= 0.6 is 0 Å². The Morgan fingerprint density at radius 2 is 1.83 bits per heavy atom. The number of ether oxygens (including phenoxy) is 1. The number of aldehydes is 1. The monoisotopic (exact) mass is 328 g/mol. The highest BCUT2D eigenvalue weighted by atomic mass is 19.3. The number of rotatable bonds is 5. The molecule has 0 saturated heterocycles. The van der Waals surface area contributed by atoms with E-state index in [9.17, 15) is 13.6 Å². The van der Waals surface area contributed by atoms with Crippen LogP contribution in [0.4, 0.5) is 8.78 Å². The highest BCUT2D eigenvalue weighted by molar-refractivity contribution is 5.82. The molecule has 0 bridgehead atoms. The second-order valence-electron chi connectivity index (χ2n) is 5.15. The van der Waals surface area contributed by atoms with Gasteiger partial charge >= 0.3 is 6.61 Å². The molecule has 0 aliphatic carbocycles. The number of aryl methyl sites for hydroxylation is 1. The SMILES string of the molecule is Cn1nc(-c2ccccc2)cc1-c1ccc(C=O)c(OC(F)F)c1. The smallest absolute Gasteiger partial charge is 0.387 e. The van der Waals surface area contributed by atoms with Crippen LogP contribution in [0.1, 0.15) is 10.4 Å². The molecule has 0 fully saturated rings. The lowest BCUT2D eigenvalue weighted by atomic mass is 10.1. The van der Waals surface area contributed by atoms with E-state index in [1.807, 2.05) is 36.4 Å². The van der Waals surface area contributed by atoms with Gasteiger partial charge in [0.25, 0.3) is 0 Å². The van der Waals surface area contributed by atoms with E-state index in [-0.39, 0.29) is 11.3 Å². The maximum atomic E-state index is 12.5. The molecule has 2 aromatic carbocycles. The zero-order chi connectivity index (χ0) is 17.1. The summed E-state index contributed by atoms with van der Waals surface area (Å²) in [5.41, 5.74) is 3.15. The number of carbonyl (C=O) groups excluding carboxylic acids is 1. The van der Waals surface area contributed by atoms with Gasteiger partial charge in [-0.3, -0.25) is 9.48 Å². The molecule has 0 unspecified atom stereocenters. The minimum atomic E-state index is -3.00. The lowest BCUT2D eigenvalue weighted by Gasteiger charge is -2.09. The van der Waals surface area contributed by atoms with E-state index < -0.39 is 6.61 Å². The predicted octanol–water partition coefficient (Wildman–Crippen LogP) is 4.17. The average Bonchev–Trinajstić information content (AvgIpc) is 2.97. The Kier molecular flexibility index (Phi) is 4.37. The molecule has 6 heteroatoms. The van der Waals surface area contributed by atoms with Crippen molar-refractivity contribution in [1.29, 1.82) is 0 Å². The first-order valence-electron chi connectivity index (χ1n) is 7.22. The second-order valence-corrected chi connectivity index (χ2v) is 5.15. The minimum absolute atomic E-state index is 0.0736. The van der Waals surface area contributed by atoms with Gasteiger partial charge in [0.1, 0.15) is 5.75 Å². The van der Waals surface area contributed by atoms with Crippen molar-refractivity contribution in [2.75, 3.05) is 0 Å². The summed E-state index contributed by atoms with van der Waals surface area (Å²) in [7, 11) is 1.77. The van der Waals surface area contributed by atoms with Gasteiger partial charge in [-0.1, -0.05) is 36.4 Å². The molecule has 4 nitrogen and oxygen atoms in total. The molecule has 0 amide bonds. The maximum absolute atomic E-state index is 12.5. The van der Waals surface area contributed by atoms with E-state index in [4.69, 9.17) is 0 Å². The lowest BCUT2D eigenvalue weighted by Crippen LogP contribution is -2.04. The molecule has 0 saturated carbocycles. The summed E-state index contributed by atoms with van der Waals surface area (Å²) in [5, 5.41) is 4.45. The third-order valence-electron chi connectivity index (χ3n) is 3.60. The first kappa shape index (κ1) is 15.9. The van der Waals surface area contributed by atoms with Crippen LogP contribution in [0.5, 0.6) is 5.75 Å². The van der Waals surface area contributed by atoms with Crippen molar-refractivity contribution in [3.05, 3.63) is 60.2 Å². The Morgan fingerprint density at radius 3 is 2.50 bits per heavy atom. The van der Waals surface area contributed by atoms with Crippen LogP contribution in [0.25, 0.3) is 22.5 Å². The van der Waals surface area contributed by atoms with Crippen molar-refractivity contribution in [3.63, 3.8) is 0 Å². The number of halogens is 2. The fourth-order valence-electron chi connectivity index (χ4n) is 2.48. The molecular formula is C18H14F2N2O2. The van der Waals surface area contributed by atoms with Crippen molar-refractivity contribution in [2.24, 2.45) is 7.05 Å². The third-order valence-corrected chi connectivity index (χ3v) is 3.60. The molecule has 0 aliphatic rings. The number of carbonyl (C=O) groups is 1. The van der Waals surface area contributed by atoms with Crippen LogP contribution < -0.4 is 4.74 Å². The second kappa shape index (κ2) is 6.62. The average molecular weight is 328 g/mol. The van der Waals surface area contributed by atoms with Gasteiger partial charge < -0.3 is 4.74 Å². The molecule has 122 valence electrons. The van der Waals surface area contributed by atoms with Gasteiger partial charge in [-0.15, -0.1) is 0 Å². The Hall–Kier alpha value is -3.02. The molecule has 3 rings (SSSR count). The molecule has 0 N–H and O–H groups in total. The molecule has 0 radical (unpaired) electrons. The van der Waals surface area contributed by atoms with Gasteiger partial charge in [-0.2, -0.15) is 13.9 Å². The molecule has 1 heterocycles. The fraction of sp³-hybridized carbons (Fsp3) is 0.111. The van der Waals surface area contributed by atoms with E-state index in [1.54, 1.807) is 17.8 Å². The van der Waals surface area contributed by atoms with Crippen LogP contribution in [0.2, 0.25) is 0 Å². The maximum Gasteiger partial charge on any atom is 0.387 e. The number of nitrogens with zero attached hydrogens (tertiary/aromatic N) is 2. The van der Waals surface area contributed by atoms with E-state index in [1.165, 1.54) is 12.1 Å². The molecule has 0 aliphatic heterocycles. The van der Waals surface area contributed by atoms with Crippen molar-refractivity contribution in [1.82, 2.24) is 9.78 Å². The summed E-state index contributed by atoms with van der Waals surface area (Å²) in [6, 6.07) is 16.0. The standard InChI is InChI=1S/C18H14F2N2O2/c1-22-16(10-15(21-22)12-5-3-2-4-6-12)13-7-8-14(11-23)17(9-13)24-18(19)20/h2-11,18H,1H3. The predicted molar refractivity (Wildman–Crippen MR) is 86.1 cm³/mol. The summed E-state index contributed by atoms with van der Waals surface area (Å²) in [4.78, 5) is 11.0. The molecule has 24 heavy (non-hydrogen) atoms. The van der Waals surface area contributed by atoms with Gasteiger partial charge in [0.05, 0.1) is 17.0 Å².